The molecule has 3 heteroatoms. The molecular formula is C16H12Br2O. The third kappa shape index (κ3) is 4.15. The summed E-state index contributed by atoms with van der Waals surface area (Å²) in [5, 5.41) is 0. The number of hydrogen-bond acceptors (Lipinski definition) is 1. The van der Waals surface area contributed by atoms with E-state index in [0.717, 1.165) is 27.2 Å². The zero-order chi connectivity index (χ0) is 13.7. The quantitative estimate of drug-likeness (QED) is 0.537. The number of carbonyl (C=O) groups excluding carboxylic acids is 1. The van der Waals surface area contributed by atoms with Gasteiger partial charge in [-0.3, -0.25) is 4.79 Å². The van der Waals surface area contributed by atoms with Crippen molar-refractivity contribution in [3.8, 4) is 0 Å². The lowest BCUT2D eigenvalue weighted by Gasteiger charge is -2.02. The van der Waals surface area contributed by atoms with Gasteiger partial charge in [-0.25, -0.2) is 0 Å². The Morgan fingerprint density at radius 2 is 1.74 bits per heavy atom. The van der Waals surface area contributed by atoms with Crippen LogP contribution in [0.15, 0.2) is 63.6 Å². The maximum atomic E-state index is 11.2. The van der Waals surface area contributed by atoms with Gasteiger partial charge in [-0.2, -0.15) is 0 Å². The minimum Gasteiger partial charge on any atom is -0.298 e. The van der Waals surface area contributed by atoms with Gasteiger partial charge in [0, 0.05) is 14.5 Å². The first kappa shape index (κ1) is 14.2. The summed E-state index contributed by atoms with van der Waals surface area (Å²) in [5.74, 6) is 0. The van der Waals surface area contributed by atoms with Gasteiger partial charge in [-0.1, -0.05) is 62.2 Å². The highest BCUT2D eigenvalue weighted by molar-refractivity contribution is 9.10. The largest absolute Gasteiger partial charge is 0.298 e. The van der Waals surface area contributed by atoms with E-state index >= 15 is 0 Å². The zero-order valence-corrected chi connectivity index (χ0v) is 13.3. The van der Waals surface area contributed by atoms with Gasteiger partial charge in [0.25, 0.3) is 0 Å². The van der Waals surface area contributed by atoms with E-state index in [-0.39, 0.29) is 0 Å². The van der Waals surface area contributed by atoms with Gasteiger partial charge < -0.3 is 0 Å². The highest BCUT2D eigenvalue weighted by Gasteiger charge is 2.00. The molecule has 0 amide bonds. The van der Waals surface area contributed by atoms with Gasteiger partial charge >= 0.3 is 0 Å². The molecule has 0 aromatic heterocycles. The Morgan fingerprint density at radius 1 is 1.00 bits per heavy atom. The van der Waals surface area contributed by atoms with Gasteiger partial charge in [0.15, 0.2) is 0 Å². The molecule has 19 heavy (non-hydrogen) atoms. The molecule has 0 saturated heterocycles. The molecule has 0 heterocycles. The Balaban J connectivity index is 2.20. The fraction of sp³-hybridized carbons (Fsp3) is 0.0625. The first-order valence-corrected chi connectivity index (χ1v) is 7.43. The maximum absolute atomic E-state index is 11.2. The molecule has 0 atom stereocenters. The van der Waals surface area contributed by atoms with Crippen LogP contribution in [0, 0.1) is 0 Å². The summed E-state index contributed by atoms with van der Waals surface area (Å²) in [6.07, 6.45) is 3.60. The van der Waals surface area contributed by atoms with Crippen molar-refractivity contribution in [3.63, 3.8) is 0 Å². The normalized spacial score (nSPS) is 11.4. The Labute approximate surface area is 129 Å². The molecule has 2 aromatic rings. The summed E-state index contributed by atoms with van der Waals surface area (Å²) < 4.78 is 2.06. The Kier molecular flexibility index (Phi) is 5.11. The first-order valence-electron chi connectivity index (χ1n) is 5.85. The predicted octanol–water partition coefficient (Wildman–Crippen LogP) is 5.04. The maximum Gasteiger partial charge on any atom is 0.150 e. The first-order chi connectivity index (χ1) is 9.19. The van der Waals surface area contributed by atoms with Gasteiger partial charge in [0.2, 0.25) is 0 Å². The van der Waals surface area contributed by atoms with Crippen molar-refractivity contribution in [1.29, 1.82) is 0 Å². The van der Waals surface area contributed by atoms with Crippen LogP contribution in [0.25, 0.3) is 5.57 Å². The summed E-state index contributed by atoms with van der Waals surface area (Å²) in [6.45, 7) is 0. The second-order valence-corrected chi connectivity index (χ2v) is 5.95. The van der Waals surface area contributed by atoms with E-state index in [2.05, 4.69) is 37.9 Å². The van der Waals surface area contributed by atoms with Crippen LogP contribution in [0.4, 0.5) is 0 Å². The van der Waals surface area contributed by atoms with E-state index < -0.39 is 0 Å². The number of rotatable bonds is 4. The molecule has 0 N–H and O–H groups in total. The van der Waals surface area contributed by atoms with Crippen LogP contribution in [0.5, 0.6) is 0 Å². The van der Waals surface area contributed by atoms with Crippen molar-refractivity contribution >= 4 is 43.7 Å². The van der Waals surface area contributed by atoms with Crippen molar-refractivity contribution in [2.45, 2.75) is 6.42 Å². The smallest absolute Gasteiger partial charge is 0.150 e. The molecule has 0 unspecified atom stereocenters. The summed E-state index contributed by atoms with van der Waals surface area (Å²) in [4.78, 5) is 11.2. The number of aldehydes is 1. The van der Waals surface area contributed by atoms with E-state index in [1.54, 1.807) is 0 Å². The number of carbonyl (C=O) groups is 1. The van der Waals surface area contributed by atoms with Crippen LogP contribution in [-0.4, -0.2) is 6.29 Å². The number of allylic oxidation sites excluding steroid dienone is 2. The van der Waals surface area contributed by atoms with Crippen LogP contribution < -0.4 is 0 Å². The van der Waals surface area contributed by atoms with Gasteiger partial charge in [0.05, 0.1) is 0 Å². The minimum atomic E-state index is 0.715. The highest BCUT2D eigenvalue weighted by Crippen LogP contribution is 2.18. The standard InChI is InChI=1S/C16H12Br2O/c17-15-8-6-13(7-9-15)14(11-19)5-4-12-2-1-3-16(18)10-12/h1-3,5-11H,4H2. The van der Waals surface area contributed by atoms with Crippen molar-refractivity contribution in [1.82, 2.24) is 0 Å². The molecule has 2 rings (SSSR count). The lowest BCUT2D eigenvalue weighted by molar-refractivity contribution is -0.103. The molecule has 0 saturated carbocycles. The molecule has 0 aliphatic rings. The average Bonchev–Trinajstić information content (AvgIpc) is 2.41. The fourth-order valence-electron chi connectivity index (χ4n) is 1.77. The number of benzene rings is 2. The Morgan fingerprint density at radius 3 is 2.37 bits per heavy atom. The van der Waals surface area contributed by atoms with E-state index in [1.165, 1.54) is 5.56 Å². The number of halogens is 2. The number of hydrogen-bond donors (Lipinski definition) is 0. The zero-order valence-electron chi connectivity index (χ0n) is 10.1. The molecule has 2 aromatic carbocycles. The topological polar surface area (TPSA) is 17.1 Å². The summed E-state index contributed by atoms with van der Waals surface area (Å²) in [5.41, 5.74) is 2.83. The summed E-state index contributed by atoms with van der Waals surface area (Å²) in [7, 11) is 0. The SMILES string of the molecule is O=CC(=CCc1cccc(Br)c1)c1ccc(Br)cc1. The Hall–Kier alpha value is -1.19. The monoisotopic (exact) mass is 378 g/mol. The fourth-order valence-corrected chi connectivity index (χ4v) is 2.48. The molecule has 96 valence electrons. The molecule has 1 nitrogen and oxygen atoms in total. The lowest BCUT2D eigenvalue weighted by Crippen LogP contribution is -1.88. The van der Waals surface area contributed by atoms with Crippen molar-refractivity contribution < 1.29 is 4.79 Å². The summed E-state index contributed by atoms with van der Waals surface area (Å²) in [6, 6.07) is 15.8. The molecule has 0 radical (unpaired) electrons. The van der Waals surface area contributed by atoms with E-state index in [4.69, 9.17) is 0 Å². The van der Waals surface area contributed by atoms with Gasteiger partial charge in [-0.05, 0) is 41.8 Å². The average molecular weight is 380 g/mol. The van der Waals surface area contributed by atoms with Crippen molar-refractivity contribution in [2.75, 3.05) is 0 Å². The molecule has 0 aliphatic carbocycles. The van der Waals surface area contributed by atoms with Gasteiger partial charge in [-0.15, -0.1) is 0 Å². The molecule has 0 bridgehead atoms. The second-order valence-electron chi connectivity index (χ2n) is 4.12. The Bertz CT molecular complexity index is 600. The van der Waals surface area contributed by atoms with Crippen LogP contribution in [0.1, 0.15) is 11.1 Å². The van der Waals surface area contributed by atoms with Gasteiger partial charge in [0.1, 0.15) is 6.29 Å². The van der Waals surface area contributed by atoms with E-state index in [9.17, 15) is 4.79 Å². The van der Waals surface area contributed by atoms with E-state index in [0.29, 0.717) is 5.57 Å². The third-order valence-electron chi connectivity index (χ3n) is 2.75. The molecule has 0 aliphatic heterocycles. The van der Waals surface area contributed by atoms with Crippen molar-refractivity contribution in [3.05, 3.63) is 74.7 Å². The van der Waals surface area contributed by atoms with Crippen LogP contribution in [0.3, 0.4) is 0 Å². The highest BCUT2D eigenvalue weighted by atomic mass is 79.9. The minimum absolute atomic E-state index is 0.715. The molecule has 0 spiro atoms. The second kappa shape index (κ2) is 6.83. The summed E-state index contributed by atoms with van der Waals surface area (Å²) >= 11 is 6.83. The third-order valence-corrected chi connectivity index (χ3v) is 3.77. The van der Waals surface area contributed by atoms with Crippen LogP contribution in [0.2, 0.25) is 0 Å². The van der Waals surface area contributed by atoms with Crippen LogP contribution in [-0.2, 0) is 11.2 Å². The lowest BCUT2D eigenvalue weighted by atomic mass is 10.0. The van der Waals surface area contributed by atoms with E-state index in [1.807, 2.05) is 48.5 Å². The molecular weight excluding hydrogens is 368 g/mol. The van der Waals surface area contributed by atoms with Crippen LogP contribution >= 0.6 is 31.9 Å². The van der Waals surface area contributed by atoms with Crippen molar-refractivity contribution in [2.24, 2.45) is 0 Å². The predicted molar refractivity (Wildman–Crippen MR) is 86.0 cm³/mol. The molecule has 0 fully saturated rings.